The molecule has 0 radical (unpaired) electrons. The van der Waals surface area contributed by atoms with Crippen LogP contribution in [0.1, 0.15) is 35.0 Å². The highest BCUT2D eigenvalue weighted by Crippen LogP contribution is 2.24. The fraction of sp³-hybridized carbons (Fsp3) is 0.333. The summed E-state index contributed by atoms with van der Waals surface area (Å²) in [6.45, 7) is 3.78. The van der Waals surface area contributed by atoms with Gasteiger partial charge in [0.25, 0.3) is 0 Å². The Kier molecular flexibility index (Phi) is 3.10. The Hall–Kier alpha value is -2.24. The van der Waals surface area contributed by atoms with Gasteiger partial charge < -0.3 is 19.5 Å². The third kappa shape index (κ3) is 1.97. The number of nitrogens with two attached hydrogens (primary N) is 1. The van der Waals surface area contributed by atoms with Crippen molar-refractivity contribution in [3.63, 3.8) is 0 Å². The molecule has 0 aliphatic carbocycles. The number of nitrogen functional groups attached to an aromatic ring is 1. The number of carbonyl (C=O) groups excluding carboxylic acids is 1. The molecule has 0 saturated carbocycles. The Morgan fingerprint density at radius 1 is 1.56 bits per heavy atom. The number of aromatic nitrogens is 2. The number of aryl methyl sites for hydroxylation is 1. The van der Waals surface area contributed by atoms with Crippen LogP contribution < -0.4 is 5.73 Å². The van der Waals surface area contributed by atoms with Gasteiger partial charge in [-0.2, -0.15) is 0 Å². The Balaban J connectivity index is 2.34. The van der Waals surface area contributed by atoms with E-state index in [1.165, 1.54) is 13.4 Å². The molecule has 2 aromatic rings. The van der Waals surface area contributed by atoms with Crippen molar-refractivity contribution in [2.45, 2.75) is 19.9 Å². The summed E-state index contributed by atoms with van der Waals surface area (Å²) in [5.74, 6) is 1.30. The van der Waals surface area contributed by atoms with Crippen molar-refractivity contribution in [1.82, 2.24) is 9.55 Å². The highest BCUT2D eigenvalue weighted by atomic mass is 16.5. The Morgan fingerprint density at radius 2 is 2.28 bits per heavy atom. The maximum atomic E-state index is 11.4. The highest BCUT2D eigenvalue weighted by molar-refractivity contribution is 5.92. The molecular formula is C12H15N3O3. The number of hydrogen-bond donors (Lipinski definition) is 1. The van der Waals surface area contributed by atoms with Crippen LogP contribution in [0.4, 0.5) is 5.82 Å². The molecule has 96 valence electrons. The van der Waals surface area contributed by atoms with E-state index >= 15 is 0 Å². The lowest BCUT2D eigenvalue weighted by Gasteiger charge is -2.12. The lowest BCUT2D eigenvalue weighted by molar-refractivity contribution is 0.0596. The molecule has 0 fully saturated rings. The van der Waals surface area contributed by atoms with E-state index in [0.29, 0.717) is 0 Å². The number of esters is 1. The van der Waals surface area contributed by atoms with E-state index in [1.54, 1.807) is 4.57 Å². The predicted octanol–water partition coefficient (Wildman–Crippen LogP) is 1.76. The monoisotopic (exact) mass is 249 g/mol. The van der Waals surface area contributed by atoms with Crippen LogP contribution >= 0.6 is 0 Å². The Morgan fingerprint density at radius 3 is 2.83 bits per heavy atom. The maximum Gasteiger partial charge on any atom is 0.360 e. The summed E-state index contributed by atoms with van der Waals surface area (Å²) in [6, 6.07) is 3.61. The number of rotatable bonds is 3. The zero-order valence-electron chi connectivity index (χ0n) is 10.5. The molecule has 0 aliphatic heterocycles. The van der Waals surface area contributed by atoms with E-state index in [2.05, 4.69) is 9.72 Å². The van der Waals surface area contributed by atoms with E-state index in [9.17, 15) is 4.79 Å². The van der Waals surface area contributed by atoms with E-state index < -0.39 is 5.97 Å². The summed E-state index contributed by atoms with van der Waals surface area (Å²) in [6.07, 6.45) is 1.50. The van der Waals surface area contributed by atoms with Crippen LogP contribution in [-0.4, -0.2) is 22.6 Å². The first-order valence-electron chi connectivity index (χ1n) is 5.51. The molecule has 0 aromatic carbocycles. The van der Waals surface area contributed by atoms with Crippen LogP contribution in [0.5, 0.6) is 0 Å². The summed E-state index contributed by atoms with van der Waals surface area (Å²) >= 11 is 0. The molecule has 0 amide bonds. The number of anilines is 1. The Labute approximate surface area is 104 Å². The number of ether oxygens (including phenoxy) is 1. The fourth-order valence-corrected chi connectivity index (χ4v) is 1.75. The van der Waals surface area contributed by atoms with Gasteiger partial charge in [0, 0.05) is 0 Å². The van der Waals surface area contributed by atoms with Crippen LogP contribution in [0.15, 0.2) is 22.9 Å². The average Bonchev–Trinajstić information content (AvgIpc) is 2.94. The lowest BCUT2D eigenvalue weighted by Crippen LogP contribution is -2.11. The second-order valence-corrected chi connectivity index (χ2v) is 4.00. The molecule has 1 unspecified atom stereocenters. The molecule has 0 spiro atoms. The summed E-state index contributed by atoms with van der Waals surface area (Å²) in [4.78, 5) is 15.4. The van der Waals surface area contributed by atoms with E-state index in [-0.39, 0.29) is 17.6 Å². The zero-order valence-corrected chi connectivity index (χ0v) is 10.5. The van der Waals surface area contributed by atoms with Crippen molar-refractivity contribution in [2.75, 3.05) is 12.8 Å². The number of nitrogens with zero attached hydrogens (tertiary/aromatic N) is 2. The van der Waals surface area contributed by atoms with Crippen molar-refractivity contribution >= 4 is 11.8 Å². The van der Waals surface area contributed by atoms with Gasteiger partial charge in [-0.15, -0.1) is 0 Å². The van der Waals surface area contributed by atoms with Gasteiger partial charge in [0.05, 0.1) is 19.5 Å². The summed E-state index contributed by atoms with van der Waals surface area (Å²) in [5, 5.41) is 0. The predicted molar refractivity (Wildman–Crippen MR) is 65.2 cm³/mol. The Bertz CT molecular complexity index is 571. The van der Waals surface area contributed by atoms with E-state index in [1.807, 2.05) is 26.0 Å². The van der Waals surface area contributed by atoms with Gasteiger partial charge in [-0.1, -0.05) is 0 Å². The number of furan rings is 1. The van der Waals surface area contributed by atoms with Crippen molar-refractivity contribution in [3.8, 4) is 0 Å². The van der Waals surface area contributed by atoms with Gasteiger partial charge in [0.15, 0.2) is 5.69 Å². The molecule has 2 heterocycles. The standard InChI is InChI=1S/C12H15N3O3/c1-7-4-5-9(18-7)8(2)15-6-14-10(11(15)13)12(16)17-3/h4-6,8H,13H2,1-3H3. The van der Waals surface area contributed by atoms with Crippen molar-refractivity contribution < 1.29 is 13.9 Å². The topological polar surface area (TPSA) is 83.3 Å². The lowest BCUT2D eigenvalue weighted by atomic mass is 10.2. The minimum atomic E-state index is -0.547. The minimum Gasteiger partial charge on any atom is -0.464 e. The molecule has 18 heavy (non-hydrogen) atoms. The number of methoxy groups -OCH3 is 1. The summed E-state index contributed by atoms with van der Waals surface area (Å²) < 4.78 is 11.8. The molecule has 0 aliphatic rings. The summed E-state index contributed by atoms with van der Waals surface area (Å²) in [5.41, 5.74) is 6.00. The first-order chi connectivity index (χ1) is 8.54. The van der Waals surface area contributed by atoms with Gasteiger partial charge in [-0.25, -0.2) is 9.78 Å². The smallest absolute Gasteiger partial charge is 0.360 e. The molecule has 1 atom stereocenters. The largest absolute Gasteiger partial charge is 0.464 e. The molecule has 2 rings (SSSR count). The second-order valence-electron chi connectivity index (χ2n) is 4.00. The molecule has 0 bridgehead atoms. The van der Waals surface area contributed by atoms with Gasteiger partial charge >= 0.3 is 5.97 Å². The number of imidazole rings is 1. The van der Waals surface area contributed by atoms with Crippen molar-refractivity contribution in [2.24, 2.45) is 0 Å². The first kappa shape index (κ1) is 12.2. The van der Waals surface area contributed by atoms with E-state index in [0.717, 1.165) is 11.5 Å². The molecule has 6 heteroatoms. The third-order valence-corrected chi connectivity index (χ3v) is 2.80. The SMILES string of the molecule is COC(=O)c1ncn(C(C)c2ccc(C)o2)c1N. The molecule has 6 nitrogen and oxygen atoms in total. The summed E-state index contributed by atoms with van der Waals surface area (Å²) in [7, 11) is 1.29. The van der Waals surface area contributed by atoms with Gasteiger partial charge in [0.2, 0.25) is 0 Å². The van der Waals surface area contributed by atoms with Crippen molar-refractivity contribution in [1.29, 1.82) is 0 Å². The zero-order chi connectivity index (χ0) is 13.3. The van der Waals surface area contributed by atoms with Crippen LogP contribution in [0.2, 0.25) is 0 Å². The molecule has 2 aromatic heterocycles. The number of carbonyl (C=O) groups is 1. The molecule has 2 N–H and O–H groups in total. The highest BCUT2D eigenvalue weighted by Gasteiger charge is 2.21. The van der Waals surface area contributed by atoms with Crippen LogP contribution in [0.3, 0.4) is 0 Å². The van der Waals surface area contributed by atoms with Gasteiger partial charge in [0.1, 0.15) is 17.3 Å². The van der Waals surface area contributed by atoms with Crippen LogP contribution in [-0.2, 0) is 4.74 Å². The van der Waals surface area contributed by atoms with Crippen molar-refractivity contribution in [3.05, 3.63) is 35.7 Å². The van der Waals surface area contributed by atoms with Crippen LogP contribution in [0.25, 0.3) is 0 Å². The van der Waals surface area contributed by atoms with Gasteiger partial charge in [-0.05, 0) is 26.0 Å². The molecular weight excluding hydrogens is 234 g/mol. The minimum absolute atomic E-state index is 0.118. The maximum absolute atomic E-state index is 11.4. The fourth-order valence-electron chi connectivity index (χ4n) is 1.75. The number of hydrogen-bond acceptors (Lipinski definition) is 5. The quantitative estimate of drug-likeness (QED) is 0.838. The first-order valence-corrected chi connectivity index (χ1v) is 5.51. The van der Waals surface area contributed by atoms with E-state index in [4.69, 9.17) is 10.2 Å². The van der Waals surface area contributed by atoms with Crippen LogP contribution in [0, 0.1) is 6.92 Å². The third-order valence-electron chi connectivity index (χ3n) is 2.80. The average molecular weight is 249 g/mol. The molecule has 0 saturated heterocycles. The normalized spacial score (nSPS) is 12.4. The van der Waals surface area contributed by atoms with Gasteiger partial charge in [-0.3, -0.25) is 0 Å². The second kappa shape index (κ2) is 4.56.